The summed E-state index contributed by atoms with van der Waals surface area (Å²) in [6.45, 7) is 4.79. The highest BCUT2D eigenvalue weighted by Crippen LogP contribution is 2.35. The van der Waals surface area contributed by atoms with Gasteiger partial charge in [0.05, 0.1) is 6.04 Å². The number of nitrogens with one attached hydrogen (secondary N) is 2. The third-order valence-electron chi connectivity index (χ3n) is 4.72. The fourth-order valence-corrected chi connectivity index (χ4v) is 3.67. The third kappa shape index (κ3) is 3.31. The molecule has 0 aliphatic carbocycles. The first-order valence-electron chi connectivity index (χ1n) is 7.92. The standard InChI is InChI=1S/C16H24N4O/c21-12-15-11-19-9-10-20(15)16(13-1-5-17-6-2-13)14-3-7-18-8-4-14/h1-2,5-6,12,14-16,18-19H,3-4,7-11H2. The van der Waals surface area contributed by atoms with Crippen LogP contribution < -0.4 is 10.6 Å². The largest absolute Gasteiger partial charge is 0.317 e. The predicted molar refractivity (Wildman–Crippen MR) is 82.0 cm³/mol. The molecule has 114 valence electrons. The van der Waals surface area contributed by atoms with Gasteiger partial charge in [-0.25, -0.2) is 0 Å². The second kappa shape index (κ2) is 7.11. The molecule has 0 spiro atoms. The van der Waals surface area contributed by atoms with Gasteiger partial charge in [-0.05, 0) is 49.5 Å². The van der Waals surface area contributed by atoms with E-state index < -0.39 is 0 Å². The second-order valence-corrected chi connectivity index (χ2v) is 5.96. The molecule has 3 rings (SSSR count). The summed E-state index contributed by atoms with van der Waals surface area (Å²) in [4.78, 5) is 18.0. The molecule has 0 bridgehead atoms. The van der Waals surface area contributed by atoms with E-state index in [0.717, 1.165) is 39.0 Å². The van der Waals surface area contributed by atoms with Crippen molar-refractivity contribution in [3.63, 3.8) is 0 Å². The number of hydrogen-bond donors (Lipinski definition) is 2. The van der Waals surface area contributed by atoms with E-state index in [9.17, 15) is 4.79 Å². The van der Waals surface area contributed by atoms with Crippen LogP contribution in [0.3, 0.4) is 0 Å². The van der Waals surface area contributed by atoms with E-state index in [1.807, 2.05) is 12.4 Å². The van der Waals surface area contributed by atoms with Crippen LogP contribution in [0.5, 0.6) is 0 Å². The summed E-state index contributed by atoms with van der Waals surface area (Å²) < 4.78 is 0. The lowest BCUT2D eigenvalue weighted by atomic mass is 9.84. The first-order chi connectivity index (χ1) is 10.4. The van der Waals surface area contributed by atoms with Crippen LogP contribution in [0.1, 0.15) is 24.4 Å². The van der Waals surface area contributed by atoms with Crippen LogP contribution in [-0.2, 0) is 4.79 Å². The molecular formula is C16H24N4O. The van der Waals surface area contributed by atoms with E-state index in [4.69, 9.17) is 0 Å². The van der Waals surface area contributed by atoms with Crippen molar-refractivity contribution < 1.29 is 4.79 Å². The Labute approximate surface area is 126 Å². The van der Waals surface area contributed by atoms with Crippen LogP contribution in [0.4, 0.5) is 0 Å². The Kier molecular flexibility index (Phi) is 4.95. The molecule has 3 heterocycles. The molecule has 1 aromatic rings. The van der Waals surface area contributed by atoms with E-state index in [2.05, 4.69) is 32.7 Å². The molecule has 2 aliphatic rings. The van der Waals surface area contributed by atoms with Crippen molar-refractivity contribution in [1.82, 2.24) is 20.5 Å². The molecule has 2 atom stereocenters. The minimum atomic E-state index is -0.0215. The Morgan fingerprint density at radius 2 is 1.95 bits per heavy atom. The monoisotopic (exact) mass is 288 g/mol. The van der Waals surface area contributed by atoms with Gasteiger partial charge in [-0.1, -0.05) is 0 Å². The molecule has 2 unspecified atom stereocenters. The average molecular weight is 288 g/mol. The minimum absolute atomic E-state index is 0.0215. The molecule has 5 nitrogen and oxygen atoms in total. The van der Waals surface area contributed by atoms with E-state index in [1.54, 1.807) is 0 Å². The SMILES string of the molecule is O=CC1CNCCN1C(c1ccncc1)C1CCNCC1. The van der Waals surface area contributed by atoms with Gasteiger partial charge in [0, 0.05) is 38.1 Å². The van der Waals surface area contributed by atoms with Gasteiger partial charge in [0.15, 0.2) is 0 Å². The normalized spacial score (nSPS) is 26.4. The Balaban J connectivity index is 1.88. The summed E-state index contributed by atoms with van der Waals surface area (Å²) in [6.07, 6.45) is 7.16. The number of hydrogen-bond acceptors (Lipinski definition) is 5. The first-order valence-corrected chi connectivity index (χ1v) is 7.92. The van der Waals surface area contributed by atoms with Gasteiger partial charge in [-0.15, -0.1) is 0 Å². The topological polar surface area (TPSA) is 57.3 Å². The lowest BCUT2D eigenvalue weighted by Gasteiger charge is -2.44. The van der Waals surface area contributed by atoms with Crippen molar-refractivity contribution in [2.45, 2.75) is 24.9 Å². The molecule has 2 N–H and O–H groups in total. The van der Waals surface area contributed by atoms with Gasteiger partial charge in [-0.3, -0.25) is 9.88 Å². The van der Waals surface area contributed by atoms with Crippen molar-refractivity contribution in [2.75, 3.05) is 32.7 Å². The van der Waals surface area contributed by atoms with Crippen LogP contribution >= 0.6 is 0 Å². The number of carbonyl (C=O) groups excluding carboxylic acids is 1. The Morgan fingerprint density at radius 1 is 1.19 bits per heavy atom. The van der Waals surface area contributed by atoms with Crippen LogP contribution in [-0.4, -0.2) is 54.9 Å². The molecule has 5 heteroatoms. The summed E-state index contributed by atoms with van der Waals surface area (Å²) in [6, 6.07) is 4.52. The zero-order valence-corrected chi connectivity index (χ0v) is 12.4. The Hall–Kier alpha value is -1.30. The summed E-state index contributed by atoms with van der Waals surface area (Å²) in [7, 11) is 0. The lowest BCUT2D eigenvalue weighted by Crippen LogP contribution is -2.55. The van der Waals surface area contributed by atoms with Gasteiger partial charge in [0.25, 0.3) is 0 Å². The number of aromatic nitrogens is 1. The highest BCUT2D eigenvalue weighted by atomic mass is 16.1. The second-order valence-electron chi connectivity index (χ2n) is 5.96. The predicted octanol–water partition coefficient (Wildman–Crippen LogP) is 0.595. The third-order valence-corrected chi connectivity index (χ3v) is 4.72. The van der Waals surface area contributed by atoms with Gasteiger partial charge in [-0.2, -0.15) is 0 Å². The van der Waals surface area contributed by atoms with E-state index in [1.165, 1.54) is 18.4 Å². The molecule has 0 amide bonds. The molecule has 0 radical (unpaired) electrons. The molecule has 0 saturated carbocycles. The number of nitrogens with zero attached hydrogens (tertiary/aromatic N) is 2. The zero-order chi connectivity index (χ0) is 14.5. The number of pyridine rings is 1. The molecule has 2 aliphatic heterocycles. The summed E-state index contributed by atoms with van der Waals surface area (Å²) in [5.41, 5.74) is 1.30. The number of rotatable bonds is 4. The van der Waals surface area contributed by atoms with E-state index in [0.29, 0.717) is 12.0 Å². The van der Waals surface area contributed by atoms with Crippen LogP contribution in [0.15, 0.2) is 24.5 Å². The number of piperidine rings is 1. The van der Waals surface area contributed by atoms with Crippen molar-refractivity contribution in [2.24, 2.45) is 5.92 Å². The van der Waals surface area contributed by atoms with Gasteiger partial charge < -0.3 is 15.4 Å². The lowest BCUT2D eigenvalue weighted by molar-refractivity contribution is -0.114. The molecule has 21 heavy (non-hydrogen) atoms. The smallest absolute Gasteiger partial charge is 0.138 e. The van der Waals surface area contributed by atoms with Crippen LogP contribution in [0.2, 0.25) is 0 Å². The molecular weight excluding hydrogens is 264 g/mol. The van der Waals surface area contributed by atoms with Gasteiger partial charge in [0.1, 0.15) is 6.29 Å². The van der Waals surface area contributed by atoms with Crippen molar-refractivity contribution in [3.05, 3.63) is 30.1 Å². The highest BCUT2D eigenvalue weighted by Gasteiger charge is 2.35. The summed E-state index contributed by atoms with van der Waals surface area (Å²) in [5, 5.41) is 6.76. The van der Waals surface area contributed by atoms with Crippen molar-refractivity contribution in [1.29, 1.82) is 0 Å². The quantitative estimate of drug-likeness (QED) is 0.795. The van der Waals surface area contributed by atoms with Crippen molar-refractivity contribution >= 4 is 6.29 Å². The zero-order valence-electron chi connectivity index (χ0n) is 12.4. The minimum Gasteiger partial charge on any atom is -0.317 e. The maximum atomic E-state index is 11.5. The van der Waals surface area contributed by atoms with Crippen molar-refractivity contribution in [3.8, 4) is 0 Å². The summed E-state index contributed by atoms with van der Waals surface area (Å²) in [5.74, 6) is 0.606. The van der Waals surface area contributed by atoms with Crippen LogP contribution in [0.25, 0.3) is 0 Å². The van der Waals surface area contributed by atoms with Gasteiger partial charge in [0.2, 0.25) is 0 Å². The van der Waals surface area contributed by atoms with E-state index >= 15 is 0 Å². The average Bonchev–Trinajstić information content (AvgIpc) is 2.58. The molecule has 0 aromatic carbocycles. The highest BCUT2D eigenvalue weighted by molar-refractivity contribution is 5.58. The van der Waals surface area contributed by atoms with Gasteiger partial charge >= 0.3 is 0 Å². The maximum absolute atomic E-state index is 11.5. The number of carbonyl (C=O) groups is 1. The number of aldehydes is 1. The van der Waals surface area contributed by atoms with Crippen LogP contribution in [0, 0.1) is 5.92 Å². The fraction of sp³-hybridized carbons (Fsp3) is 0.625. The Morgan fingerprint density at radius 3 is 2.67 bits per heavy atom. The molecule has 2 saturated heterocycles. The summed E-state index contributed by atoms with van der Waals surface area (Å²) >= 11 is 0. The molecule has 2 fully saturated rings. The maximum Gasteiger partial charge on any atom is 0.138 e. The number of piperazine rings is 1. The van der Waals surface area contributed by atoms with E-state index in [-0.39, 0.29) is 6.04 Å². The first kappa shape index (κ1) is 14.6. The molecule has 1 aromatic heterocycles. The Bertz CT molecular complexity index is 447. The fourth-order valence-electron chi connectivity index (χ4n) is 3.67.